The van der Waals surface area contributed by atoms with Crippen molar-refractivity contribution in [1.82, 2.24) is 5.01 Å². The first-order valence-corrected chi connectivity index (χ1v) is 12.3. The van der Waals surface area contributed by atoms with Crippen LogP contribution in [0.4, 0.5) is 14.5 Å². The molecule has 0 bridgehead atoms. The van der Waals surface area contributed by atoms with Crippen molar-refractivity contribution in [2.75, 3.05) is 5.32 Å². The summed E-state index contributed by atoms with van der Waals surface area (Å²) in [7, 11) is 0. The Morgan fingerprint density at radius 1 is 1.06 bits per heavy atom. The van der Waals surface area contributed by atoms with Gasteiger partial charge in [-0.05, 0) is 30.2 Å². The summed E-state index contributed by atoms with van der Waals surface area (Å²) in [5.74, 6) is -2.99. The maximum Gasteiger partial charge on any atom is 0.262 e. The van der Waals surface area contributed by atoms with Gasteiger partial charge in [-0.3, -0.25) is 9.59 Å². The Morgan fingerprint density at radius 2 is 1.81 bits per heavy atom. The highest BCUT2D eigenvalue weighted by molar-refractivity contribution is 8.15. The topological polar surface area (TPSA) is 74.1 Å². The number of amides is 2. The van der Waals surface area contributed by atoms with Crippen molar-refractivity contribution >= 4 is 40.1 Å². The van der Waals surface area contributed by atoms with Crippen molar-refractivity contribution in [3.8, 4) is 0 Å². The molecule has 3 aromatic rings. The lowest BCUT2D eigenvalue weighted by Gasteiger charge is -2.23. The smallest absolute Gasteiger partial charge is 0.262 e. The first-order chi connectivity index (χ1) is 17.4. The van der Waals surface area contributed by atoms with E-state index in [9.17, 15) is 18.4 Å². The fourth-order valence-corrected chi connectivity index (χ4v) is 5.16. The van der Waals surface area contributed by atoms with Crippen molar-refractivity contribution in [1.29, 1.82) is 0 Å². The summed E-state index contributed by atoms with van der Waals surface area (Å²) in [6, 6.07) is 21.0. The van der Waals surface area contributed by atoms with Gasteiger partial charge in [0.15, 0.2) is 16.8 Å². The quantitative estimate of drug-likeness (QED) is 0.501. The number of carbonyl (C=O) groups is 2. The third kappa shape index (κ3) is 5.06. The number of rotatable bonds is 5. The number of carbonyl (C=O) groups excluding carboxylic acids is 2. The highest BCUT2D eigenvalue weighted by atomic mass is 32.2. The van der Waals surface area contributed by atoms with Crippen LogP contribution in [0.3, 0.4) is 0 Å². The van der Waals surface area contributed by atoms with Gasteiger partial charge in [0.05, 0.1) is 11.8 Å². The number of amidine groups is 1. The van der Waals surface area contributed by atoms with E-state index in [2.05, 4.69) is 10.3 Å². The van der Waals surface area contributed by atoms with E-state index in [1.54, 1.807) is 5.01 Å². The van der Waals surface area contributed by atoms with Gasteiger partial charge in [0.1, 0.15) is 5.25 Å². The molecule has 2 amide bonds. The lowest BCUT2D eigenvalue weighted by molar-refractivity contribution is -0.121. The minimum absolute atomic E-state index is 0.117. The van der Waals surface area contributed by atoms with E-state index in [0.717, 1.165) is 34.5 Å². The molecule has 0 spiro atoms. The fraction of sp³-hybridized carbons (Fsp3) is 0.185. The summed E-state index contributed by atoms with van der Waals surface area (Å²) in [6.07, 6.45) is 0.482. The molecule has 6 nitrogen and oxygen atoms in total. The van der Waals surface area contributed by atoms with Crippen LogP contribution in [0.2, 0.25) is 0 Å². The Bertz CT molecular complexity index is 1380. The number of thioether (sulfide) groups is 1. The number of halogens is 2. The number of aryl methyl sites for hydroxylation is 1. The van der Waals surface area contributed by atoms with Gasteiger partial charge in [-0.15, -0.1) is 0 Å². The number of hydrazone groups is 1. The molecule has 2 heterocycles. The number of nitrogens with one attached hydrogen (secondary N) is 1. The summed E-state index contributed by atoms with van der Waals surface area (Å²) < 4.78 is 26.6. The lowest BCUT2D eigenvalue weighted by Crippen LogP contribution is -2.25. The average molecular weight is 505 g/mol. The third-order valence-electron chi connectivity index (χ3n) is 5.98. The van der Waals surface area contributed by atoms with Crippen molar-refractivity contribution in [3.63, 3.8) is 0 Å². The number of hydrogen-bond acceptors (Lipinski definition) is 5. The SMILES string of the molecule is Cc1ccc(C2=NN(C3=NC(=O)[C@H](CC(=O)Nc4ccc(F)c(F)c4)S3)[C@H](c3ccccc3)C2)cc1. The summed E-state index contributed by atoms with van der Waals surface area (Å²) in [4.78, 5) is 29.4. The number of nitrogens with zero attached hydrogens (tertiary/aromatic N) is 3. The Morgan fingerprint density at radius 3 is 2.53 bits per heavy atom. The van der Waals surface area contributed by atoms with E-state index in [4.69, 9.17) is 5.10 Å². The van der Waals surface area contributed by atoms with E-state index in [-0.39, 0.29) is 18.2 Å². The molecule has 0 unspecified atom stereocenters. The summed E-state index contributed by atoms with van der Waals surface area (Å²) in [6.45, 7) is 2.03. The van der Waals surface area contributed by atoms with Crippen molar-refractivity contribution < 1.29 is 18.4 Å². The second kappa shape index (κ2) is 10.0. The Kier molecular flexibility index (Phi) is 6.65. The standard InChI is InChI=1S/C27H22F2N4O2S/c1-16-7-9-17(10-8-16)22-14-23(18-5-3-2-4-6-18)33(32-22)27-31-26(35)24(36-27)15-25(34)30-19-11-12-20(28)21(29)13-19/h2-13,23-24H,14-15H2,1H3,(H,30,34)/t23-,24-/m0/s1. The molecule has 3 aromatic carbocycles. The number of hydrogen-bond donors (Lipinski definition) is 1. The van der Waals surface area contributed by atoms with Crippen LogP contribution in [-0.4, -0.2) is 33.0 Å². The van der Waals surface area contributed by atoms with Gasteiger partial charge in [-0.2, -0.15) is 10.1 Å². The zero-order valence-corrected chi connectivity index (χ0v) is 20.1. The van der Waals surface area contributed by atoms with E-state index < -0.39 is 28.7 Å². The number of benzene rings is 3. The third-order valence-corrected chi connectivity index (χ3v) is 7.12. The molecule has 0 saturated heterocycles. The molecule has 2 atom stereocenters. The molecular weight excluding hydrogens is 482 g/mol. The van der Waals surface area contributed by atoms with Crippen LogP contribution in [0.25, 0.3) is 0 Å². The monoisotopic (exact) mass is 504 g/mol. The molecule has 0 fully saturated rings. The minimum atomic E-state index is -1.06. The first-order valence-electron chi connectivity index (χ1n) is 11.4. The molecule has 36 heavy (non-hydrogen) atoms. The molecule has 182 valence electrons. The van der Waals surface area contributed by atoms with Gasteiger partial charge in [-0.1, -0.05) is 71.9 Å². The zero-order valence-electron chi connectivity index (χ0n) is 19.3. The minimum Gasteiger partial charge on any atom is -0.326 e. The maximum absolute atomic E-state index is 13.5. The van der Waals surface area contributed by atoms with Crippen LogP contribution in [0, 0.1) is 18.6 Å². The first kappa shape index (κ1) is 23.9. The second-order valence-electron chi connectivity index (χ2n) is 8.61. The average Bonchev–Trinajstić information content (AvgIpc) is 3.46. The largest absolute Gasteiger partial charge is 0.326 e. The van der Waals surface area contributed by atoms with Crippen LogP contribution < -0.4 is 5.32 Å². The second-order valence-corrected chi connectivity index (χ2v) is 9.78. The molecule has 0 aromatic heterocycles. The van der Waals surface area contributed by atoms with Crippen LogP contribution in [-0.2, 0) is 9.59 Å². The molecular formula is C27H22F2N4O2S. The number of anilines is 1. The molecule has 5 rings (SSSR count). The van der Waals surface area contributed by atoms with Gasteiger partial charge in [0, 0.05) is 24.6 Å². The van der Waals surface area contributed by atoms with Crippen LogP contribution in [0.1, 0.15) is 35.6 Å². The Labute approximate surface area is 211 Å². The molecule has 0 radical (unpaired) electrons. The van der Waals surface area contributed by atoms with Gasteiger partial charge >= 0.3 is 0 Å². The van der Waals surface area contributed by atoms with Crippen LogP contribution in [0.5, 0.6) is 0 Å². The van der Waals surface area contributed by atoms with E-state index in [0.29, 0.717) is 11.6 Å². The number of aliphatic imine (C=N–C) groups is 1. The van der Waals surface area contributed by atoms with Crippen molar-refractivity contribution in [3.05, 3.63) is 101 Å². The van der Waals surface area contributed by atoms with Gasteiger partial charge in [0.2, 0.25) is 5.91 Å². The Balaban J connectivity index is 1.33. The highest BCUT2D eigenvalue weighted by Gasteiger charge is 2.39. The molecule has 9 heteroatoms. The van der Waals surface area contributed by atoms with Crippen LogP contribution >= 0.6 is 11.8 Å². The highest BCUT2D eigenvalue weighted by Crippen LogP contribution is 2.38. The molecule has 0 saturated carbocycles. The molecule has 2 aliphatic heterocycles. The Hall–Kier alpha value is -3.85. The summed E-state index contributed by atoms with van der Waals surface area (Å²) >= 11 is 1.18. The lowest BCUT2D eigenvalue weighted by atomic mass is 9.98. The van der Waals surface area contributed by atoms with Gasteiger partial charge in [0.25, 0.3) is 5.91 Å². The van der Waals surface area contributed by atoms with Gasteiger partial charge < -0.3 is 5.32 Å². The van der Waals surface area contributed by atoms with Gasteiger partial charge in [-0.25, -0.2) is 13.8 Å². The van der Waals surface area contributed by atoms with Crippen LogP contribution in [0.15, 0.2) is 82.9 Å². The van der Waals surface area contributed by atoms with E-state index >= 15 is 0 Å². The van der Waals surface area contributed by atoms with E-state index in [1.807, 2.05) is 61.5 Å². The normalized spacial score (nSPS) is 19.3. The molecule has 0 aliphatic carbocycles. The fourth-order valence-electron chi connectivity index (χ4n) is 4.10. The predicted octanol–water partition coefficient (Wildman–Crippen LogP) is 5.45. The molecule has 2 aliphatic rings. The van der Waals surface area contributed by atoms with Crippen molar-refractivity contribution in [2.45, 2.75) is 31.1 Å². The van der Waals surface area contributed by atoms with Crippen molar-refractivity contribution in [2.24, 2.45) is 10.1 Å². The molecule has 1 N–H and O–H groups in total. The summed E-state index contributed by atoms with van der Waals surface area (Å²) in [5, 5.41) is 8.80. The van der Waals surface area contributed by atoms with E-state index in [1.165, 1.54) is 17.8 Å². The maximum atomic E-state index is 13.5. The zero-order chi connectivity index (χ0) is 25.2. The summed E-state index contributed by atoms with van der Waals surface area (Å²) in [5.41, 5.74) is 4.20. The predicted molar refractivity (Wildman–Crippen MR) is 137 cm³/mol.